The molecule has 3 aromatic carbocycles. The maximum absolute atomic E-state index is 13.6. The third-order valence-corrected chi connectivity index (χ3v) is 13.5. The van der Waals surface area contributed by atoms with Crippen molar-refractivity contribution < 1.29 is 28.7 Å². The van der Waals surface area contributed by atoms with Gasteiger partial charge in [-0.15, -0.1) is 0 Å². The highest BCUT2D eigenvalue weighted by atomic mass is 35.5. The predicted molar refractivity (Wildman–Crippen MR) is 212 cm³/mol. The minimum Gasteiger partial charge on any atom is -0.490 e. The van der Waals surface area contributed by atoms with Crippen LogP contribution in [-0.4, -0.2) is 89.1 Å². The van der Waals surface area contributed by atoms with Crippen molar-refractivity contribution in [3.8, 4) is 5.75 Å². The van der Waals surface area contributed by atoms with Crippen molar-refractivity contribution in [3.05, 3.63) is 98.9 Å². The number of ether oxygens (including phenoxy) is 1. The number of hydrogen-bond donors (Lipinski definition) is 1. The monoisotopic (exact) mass is 788 g/mol. The molecule has 57 heavy (non-hydrogen) atoms. The van der Waals surface area contributed by atoms with Gasteiger partial charge >= 0.3 is 0 Å². The average Bonchev–Trinajstić information content (AvgIpc) is 3.88. The van der Waals surface area contributed by atoms with Crippen molar-refractivity contribution in [1.29, 1.82) is 0 Å². The molecule has 0 bridgehead atoms. The Bertz CT molecular complexity index is 2160. The zero-order chi connectivity index (χ0) is 39.4. The Hall–Kier alpha value is -5.25. The van der Waals surface area contributed by atoms with Crippen LogP contribution >= 0.6 is 11.6 Å². The van der Waals surface area contributed by atoms with Gasteiger partial charge in [-0.1, -0.05) is 17.7 Å². The molecule has 1 N–H and O–H groups in total. The molecule has 5 amide bonds. The lowest BCUT2D eigenvalue weighted by atomic mass is 9.72. The molecule has 6 aliphatic rings. The molecular formula is C44H45ClN6O6. The maximum Gasteiger partial charge on any atom is 0.262 e. The van der Waals surface area contributed by atoms with Crippen molar-refractivity contribution >= 4 is 52.5 Å². The van der Waals surface area contributed by atoms with E-state index in [9.17, 15) is 24.0 Å². The summed E-state index contributed by atoms with van der Waals surface area (Å²) in [6.07, 6.45) is 7.56. The van der Waals surface area contributed by atoms with Gasteiger partial charge in [0.25, 0.3) is 17.7 Å². The van der Waals surface area contributed by atoms with E-state index < -0.39 is 29.7 Å². The molecule has 3 saturated heterocycles. The lowest BCUT2D eigenvalue weighted by Crippen LogP contribution is -2.54. The third kappa shape index (κ3) is 7.16. The van der Waals surface area contributed by atoms with E-state index in [1.807, 2.05) is 35.2 Å². The summed E-state index contributed by atoms with van der Waals surface area (Å²) in [5, 5.41) is 2.67. The van der Waals surface area contributed by atoms with Crippen LogP contribution in [0.5, 0.6) is 5.75 Å². The first-order chi connectivity index (χ1) is 27.6. The van der Waals surface area contributed by atoms with Gasteiger partial charge < -0.3 is 14.5 Å². The van der Waals surface area contributed by atoms with Crippen LogP contribution in [0.4, 0.5) is 11.4 Å². The van der Waals surface area contributed by atoms with E-state index in [-0.39, 0.29) is 30.3 Å². The number of amides is 5. The minimum absolute atomic E-state index is 0.0741. The van der Waals surface area contributed by atoms with Gasteiger partial charge in [0, 0.05) is 63.5 Å². The van der Waals surface area contributed by atoms with Gasteiger partial charge in [0.1, 0.15) is 11.8 Å². The number of nitrogens with one attached hydrogen (secondary N) is 1. The lowest BCUT2D eigenvalue weighted by Gasteiger charge is -2.37. The van der Waals surface area contributed by atoms with Crippen molar-refractivity contribution in [2.45, 2.75) is 83.0 Å². The number of hydrogen-bond acceptors (Lipinski definition) is 8. The molecule has 12 nitrogen and oxygen atoms in total. The molecule has 1 unspecified atom stereocenters. The molecule has 5 heterocycles. The molecule has 1 aliphatic carbocycles. The molecule has 13 heteroatoms. The molecule has 1 spiro atoms. The highest BCUT2D eigenvalue weighted by molar-refractivity contribution is 6.33. The third-order valence-electron chi connectivity index (χ3n) is 13.2. The van der Waals surface area contributed by atoms with Gasteiger partial charge in [0.2, 0.25) is 17.5 Å². The summed E-state index contributed by atoms with van der Waals surface area (Å²) in [5.74, 6) is -0.713. The van der Waals surface area contributed by atoms with Crippen molar-refractivity contribution in [2.24, 2.45) is 11.3 Å². The van der Waals surface area contributed by atoms with Gasteiger partial charge in [0.05, 0.1) is 28.8 Å². The molecule has 4 fully saturated rings. The SMILES string of the molecule is [C-]#[N+]c1ccc(OC2CCC3(CC2)CCN(c2ccc(C(=O)N4CCC(CN5Cc6cc7c(cc6C5)C(=O)N(C5CCC(=O)NC5=O)C7=O)CC4)cc2)C3)cc1Cl. The summed E-state index contributed by atoms with van der Waals surface area (Å²) in [6, 6.07) is 16.1. The average molecular weight is 789 g/mol. The fourth-order valence-electron chi connectivity index (χ4n) is 9.98. The van der Waals surface area contributed by atoms with E-state index in [2.05, 4.69) is 32.1 Å². The number of carbonyl (C=O) groups excluding carboxylic acids is 5. The van der Waals surface area contributed by atoms with Crippen LogP contribution < -0.4 is 15.0 Å². The Labute approximate surface area is 336 Å². The van der Waals surface area contributed by atoms with Crippen molar-refractivity contribution in [1.82, 2.24) is 20.0 Å². The predicted octanol–water partition coefficient (Wildman–Crippen LogP) is 6.38. The molecule has 0 aromatic heterocycles. The summed E-state index contributed by atoms with van der Waals surface area (Å²) < 4.78 is 6.25. The Kier molecular flexibility index (Phi) is 9.77. The van der Waals surface area contributed by atoms with Crippen molar-refractivity contribution in [3.63, 3.8) is 0 Å². The number of anilines is 1. The van der Waals surface area contributed by atoms with Crippen LogP contribution in [0.1, 0.15) is 100.0 Å². The Balaban J connectivity index is 0.732. The van der Waals surface area contributed by atoms with Crippen LogP contribution in [0.15, 0.2) is 54.6 Å². The number of piperidine rings is 2. The van der Waals surface area contributed by atoms with Gasteiger partial charge in [-0.05, 0) is 122 Å². The number of carbonyl (C=O) groups is 5. The minimum atomic E-state index is -0.968. The number of fused-ring (bicyclic) bond motifs is 2. The fourth-order valence-corrected chi connectivity index (χ4v) is 10.2. The molecule has 9 rings (SSSR count). The zero-order valence-corrected chi connectivity index (χ0v) is 32.6. The maximum atomic E-state index is 13.6. The van der Waals surface area contributed by atoms with Gasteiger partial charge in [0.15, 0.2) is 0 Å². The van der Waals surface area contributed by atoms with E-state index in [1.54, 1.807) is 12.1 Å². The molecule has 3 aromatic rings. The molecule has 5 aliphatic heterocycles. The molecule has 1 atom stereocenters. The first kappa shape index (κ1) is 37.3. The van der Waals surface area contributed by atoms with Gasteiger partial charge in [-0.25, -0.2) is 4.85 Å². The van der Waals surface area contributed by atoms with Crippen LogP contribution in [0.2, 0.25) is 5.02 Å². The smallest absolute Gasteiger partial charge is 0.262 e. The van der Waals surface area contributed by atoms with Gasteiger partial charge in [-0.2, -0.15) is 0 Å². The quantitative estimate of drug-likeness (QED) is 0.216. The largest absolute Gasteiger partial charge is 0.490 e. The standard InChI is InChI=1S/C44H45ClN6O6/c1-46-37-7-6-33(22-36(37)45)57-32-10-14-44(15-11-32)16-19-50(26-44)31-4-2-28(3-5-31)41(54)49-17-12-27(13-18-49)23-48-24-29-20-34-35(21-30(29)25-48)43(56)51(42(34)55)38-8-9-39(52)47-40(38)53/h2-7,20-22,27,32,38H,8-19,23-26H2,(H,47,52,53). The van der Waals surface area contributed by atoms with E-state index in [0.717, 1.165) is 97.6 Å². The van der Waals surface area contributed by atoms with Crippen LogP contribution in [0, 0.1) is 17.9 Å². The zero-order valence-electron chi connectivity index (χ0n) is 31.8. The van der Waals surface area contributed by atoms with Crippen LogP contribution in [0.3, 0.4) is 0 Å². The summed E-state index contributed by atoms with van der Waals surface area (Å²) >= 11 is 6.22. The number of nitrogens with zero attached hydrogens (tertiary/aromatic N) is 5. The molecule has 0 radical (unpaired) electrons. The number of halogens is 1. The molecular weight excluding hydrogens is 744 g/mol. The number of likely N-dealkylation sites (tertiary alicyclic amines) is 1. The van der Waals surface area contributed by atoms with E-state index in [1.165, 1.54) is 0 Å². The summed E-state index contributed by atoms with van der Waals surface area (Å²) in [4.78, 5) is 75.5. The van der Waals surface area contributed by atoms with Gasteiger partial charge in [-0.3, -0.25) is 39.1 Å². The van der Waals surface area contributed by atoms with Crippen molar-refractivity contribution in [2.75, 3.05) is 37.6 Å². The number of imide groups is 2. The highest BCUT2D eigenvalue weighted by Crippen LogP contribution is 2.46. The first-order valence-electron chi connectivity index (χ1n) is 20.1. The molecule has 294 valence electrons. The topological polar surface area (TPSA) is 124 Å². The Morgan fingerprint density at radius 2 is 1.54 bits per heavy atom. The number of rotatable bonds is 7. The summed E-state index contributed by atoms with van der Waals surface area (Å²) in [5.41, 5.74) is 5.29. The summed E-state index contributed by atoms with van der Waals surface area (Å²) in [7, 11) is 0. The fraction of sp³-hybridized carbons (Fsp3) is 0.455. The Morgan fingerprint density at radius 1 is 0.860 bits per heavy atom. The van der Waals surface area contributed by atoms with E-state index in [0.29, 0.717) is 53.9 Å². The second kappa shape index (κ2) is 14.9. The lowest BCUT2D eigenvalue weighted by molar-refractivity contribution is -0.136. The summed E-state index contributed by atoms with van der Waals surface area (Å²) in [6.45, 7) is 12.9. The van der Waals surface area contributed by atoms with E-state index in [4.69, 9.17) is 22.9 Å². The second-order valence-corrected chi connectivity index (χ2v) is 17.2. The van der Waals surface area contributed by atoms with Crippen LogP contribution in [0.25, 0.3) is 4.85 Å². The first-order valence-corrected chi connectivity index (χ1v) is 20.5. The highest BCUT2D eigenvalue weighted by Gasteiger charge is 2.46. The second-order valence-electron chi connectivity index (χ2n) is 16.8. The Morgan fingerprint density at radius 3 is 2.18 bits per heavy atom. The molecule has 1 saturated carbocycles. The van der Waals surface area contributed by atoms with Crippen LogP contribution in [-0.2, 0) is 22.7 Å². The normalized spacial score (nSPS) is 25.2. The number of benzene rings is 3. The van der Waals surface area contributed by atoms with E-state index >= 15 is 0 Å².